The highest BCUT2D eigenvalue weighted by molar-refractivity contribution is 6.39. The molecule has 0 fully saturated rings. The molecule has 0 aliphatic carbocycles. The van der Waals surface area contributed by atoms with Crippen molar-refractivity contribution in [1.29, 1.82) is 0 Å². The third kappa shape index (κ3) is 4.84. The molecule has 2 aromatic rings. The number of carbonyl (C=O) groups excluding carboxylic acids is 2. The number of aliphatic hydroxyl groups is 1. The zero-order valence-electron chi connectivity index (χ0n) is 12.5. The Morgan fingerprint density at radius 1 is 1.30 bits per heavy atom. The van der Waals surface area contributed by atoms with E-state index in [-0.39, 0.29) is 13.0 Å². The second-order valence-electron chi connectivity index (χ2n) is 4.99. The minimum absolute atomic E-state index is 0.142. The first kappa shape index (κ1) is 17.1. The average molecular weight is 337 g/mol. The molecule has 0 bridgehead atoms. The van der Waals surface area contributed by atoms with Gasteiger partial charge in [0.2, 0.25) is 0 Å². The highest BCUT2D eigenvalue weighted by Gasteiger charge is 2.15. The maximum Gasteiger partial charge on any atom is 0.313 e. The van der Waals surface area contributed by atoms with Crippen LogP contribution in [-0.2, 0) is 9.59 Å². The number of carbonyl (C=O) groups is 2. The average Bonchev–Trinajstić information content (AvgIpc) is 3.05. The molecular formula is C16H17ClN2O4. The van der Waals surface area contributed by atoms with Crippen molar-refractivity contribution in [1.82, 2.24) is 5.32 Å². The van der Waals surface area contributed by atoms with E-state index in [1.54, 1.807) is 30.3 Å². The van der Waals surface area contributed by atoms with Crippen LogP contribution in [-0.4, -0.2) is 23.5 Å². The maximum absolute atomic E-state index is 11.8. The number of aliphatic hydroxyl groups excluding tert-OH is 1. The molecule has 23 heavy (non-hydrogen) atoms. The maximum atomic E-state index is 11.8. The predicted molar refractivity (Wildman–Crippen MR) is 86.1 cm³/mol. The quantitative estimate of drug-likeness (QED) is 0.731. The summed E-state index contributed by atoms with van der Waals surface area (Å²) in [7, 11) is 0. The lowest BCUT2D eigenvalue weighted by atomic mass is 10.2. The van der Waals surface area contributed by atoms with Gasteiger partial charge in [0.25, 0.3) is 0 Å². The van der Waals surface area contributed by atoms with E-state index < -0.39 is 17.9 Å². The number of hydrogen-bond donors (Lipinski definition) is 3. The van der Waals surface area contributed by atoms with E-state index in [9.17, 15) is 14.7 Å². The van der Waals surface area contributed by atoms with Crippen molar-refractivity contribution >= 4 is 29.1 Å². The van der Waals surface area contributed by atoms with Gasteiger partial charge in [0.1, 0.15) is 11.9 Å². The van der Waals surface area contributed by atoms with Crippen molar-refractivity contribution in [2.75, 3.05) is 11.9 Å². The van der Waals surface area contributed by atoms with E-state index in [4.69, 9.17) is 16.0 Å². The standard InChI is InChI=1S/C16H17ClN2O4/c1-10-4-5-11(9-12(10)17)19-16(22)15(21)18-7-6-13(20)14-3-2-8-23-14/h2-5,8-9,13,20H,6-7H2,1H3,(H,18,21)(H,19,22)/t13-/m1/s1. The molecule has 7 heteroatoms. The van der Waals surface area contributed by atoms with Gasteiger partial charge in [-0.25, -0.2) is 0 Å². The number of anilines is 1. The lowest BCUT2D eigenvalue weighted by Gasteiger charge is -2.09. The van der Waals surface area contributed by atoms with Gasteiger partial charge in [0, 0.05) is 17.3 Å². The third-order valence-corrected chi connectivity index (χ3v) is 3.62. The molecule has 2 rings (SSSR count). The van der Waals surface area contributed by atoms with Crippen LogP contribution in [0.3, 0.4) is 0 Å². The molecular weight excluding hydrogens is 320 g/mol. The molecule has 0 unspecified atom stereocenters. The van der Waals surface area contributed by atoms with Gasteiger partial charge >= 0.3 is 11.8 Å². The van der Waals surface area contributed by atoms with Gasteiger partial charge in [-0.05, 0) is 43.2 Å². The number of rotatable bonds is 5. The second kappa shape index (κ2) is 7.80. The fraction of sp³-hybridized carbons (Fsp3) is 0.250. The molecule has 0 saturated carbocycles. The molecule has 0 aliphatic rings. The molecule has 2 amide bonds. The van der Waals surface area contributed by atoms with Crippen LogP contribution in [0.1, 0.15) is 23.8 Å². The zero-order valence-corrected chi connectivity index (χ0v) is 13.3. The van der Waals surface area contributed by atoms with Crippen molar-refractivity contribution in [3.8, 4) is 0 Å². The van der Waals surface area contributed by atoms with Crippen LogP contribution < -0.4 is 10.6 Å². The van der Waals surface area contributed by atoms with Crippen LogP contribution in [0, 0.1) is 6.92 Å². The zero-order chi connectivity index (χ0) is 16.8. The van der Waals surface area contributed by atoms with E-state index in [0.29, 0.717) is 16.5 Å². The number of aryl methyl sites for hydroxylation is 1. The second-order valence-corrected chi connectivity index (χ2v) is 5.40. The number of furan rings is 1. The summed E-state index contributed by atoms with van der Waals surface area (Å²) in [5.41, 5.74) is 1.32. The van der Waals surface area contributed by atoms with Gasteiger partial charge in [0.15, 0.2) is 0 Å². The smallest absolute Gasteiger partial charge is 0.313 e. The first-order valence-electron chi connectivity index (χ1n) is 7.04. The van der Waals surface area contributed by atoms with Crippen molar-refractivity contribution in [3.63, 3.8) is 0 Å². The lowest BCUT2D eigenvalue weighted by Crippen LogP contribution is -2.36. The van der Waals surface area contributed by atoms with E-state index in [0.717, 1.165) is 5.56 Å². The van der Waals surface area contributed by atoms with Gasteiger partial charge in [0.05, 0.1) is 6.26 Å². The monoisotopic (exact) mass is 336 g/mol. The Kier molecular flexibility index (Phi) is 5.78. The molecule has 6 nitrogen and oxygen atoms in total. The van der Waals surface area contributed by atoms with Gasteiger partial charge < -0.3 is 20.2 Å². The van der Waals surface area contributed by atoms with Crippen molar-refractivity contribution < 1.29 is 19.1 Å². The topological polar surface area (TPSA) is 91.6 Å². The summed E-state index contributed by atoms with van der Waals surface area (Å²) < 4.78 is 5.05. The predicted octanol–water partition coefficient (Wildman–Crippen LogP) is 2.42. The summed E-state index contributed by atoms with van der Waals surface area (Å²) in [5.74, 6) is -1.16. The minimum atomic E-state index is -0.829. The van der Waals surface area contributed by atoms with Crippen LogP contribution in [0.5, 0.6) is 0 Å². The third-order valence-electron chi connectivity index (χ3n) is 3.21. The lowest BCUT2D eigenvalue weighted by molar-refractivity contribution is -0.136. The molecule has 0 radical (unpaired) electrons. The largest absolute Gasteiger partial charge is 0.467 e. The van der Waals surface area contributed by atoms with Gasteiger partial charge in [-0.2, -0.15) is 0 Å². The van der Waals surface area contributed by atoms with Gasteiger partial charge in [-0.3, -0.25) is 9.59 Å². The molecule has 1 atom stereocenters. The summed E-state index contributed by atoms with van der Waals surface area (Å²) >= 11 is 5.96. The van der Waals surface area contributed by atoms with E-state index in [1.807, 2.05) is 6.92 Å². The fourth-order valence-electron chi connectivity index (χ4n) is 1.88. The molecule has 3 N–H and O–H groups in total. The first-order valence-corrected chi connectivity index (χ1v) is 7.42. The summed E-state index contributed by atoms with van der Waals surface area (Å²) in [6.45, 7) is 1.98. The first-order chi connectivity index (χ1) is 11.0. The SMILES string of the molecule is Cc1ccc(NC(=O)C(=O)NCC[C@@H](O)c2ccco2)cc1Cl. The van der Waals surface area contributed by atoms with Gasteiger partial charge in [-0.1, -0.05) is 17.7 Å². The molecule has 0 saturated heterocycles. The van der Waals surface area contributed by atoms with Gasteiger partial charge in [-0.15, -0.1) is 0 Å². The van der Waals surface area contributed by atoms with Crippen LogP contribution in [0.15, 0.2) is 41.0 Å². The summed E-state index contributed by atoms with van der Waals surface area (Å²) in [6, 6.07) is 8.28. The molecule has 1 heterocycles. The normalized spacial score (nSPS) is 11.8. The number of benzene rings is 1. The molecule has 0 aliphatic heterocycles. The number of nitrogens with one attached hydrogen (secondary N) is 2. The fourth-order valence-corrected chi connectivity index (χ4v) is 2.06. The van der Waals surface area contributed by atoms with Crippen LogP contribution in [0.2, 0.25) is 5.02 Å². The van der Waals surface area contributed by atoms with E-state index in [1.165, 1.54) is 6.26 Å². The summed E-state index contributed by atoms with van der Waals surface area (Å²) in [5, 5.41) is 15.2. The van der Waals surface area contributed by atoms with Crippen molar-refractivity contribution in [2.24, 2.45) is 0 Å². The molecule has 122 valence electrons. The molecule has 0 spiro atoms. The highest BCUT2D eigenvalue weighted by atomic mass is 35.5. The Morgan fingerprint density at radius 2 is 2.09 bits per heavy atom. The number of amides is 2. The molecule has 1 aromatic heterocycles. The summed E-state index contributed by atoms with van der Waals surface area (Å²) in [4.78, 5) is 23.5. The van der Waals surface area contributed by atoms with Crippen molar-refractivity contribution in [2.45, 2.75) is 19.4 Å². The minimum Gasteiger partial charge on any atom is -0.467 e. The number of halogens is 1. The Morgan fingerprint density at radius 3 is 2.74 bits per heavy atom. The number of hydrogen-bond acceptors (Lipinski definition) is 4. The highest BCUT2D eigenvalue weighted by Crippen LogP contribution is 2.20. The van der Waals surface area contributed by atoms with Crippen LogP contribution in [0.25, 0.3) is 0 Å². The summed E-state index contributed by atoms with van der Waals surface area (Å²) in [6.07, 6.45) is 0.865. The van der Waals surface area contributed by atoms with Crippen LogP contribution >= 0.6 is 11.6 Å². The Labute approximate surface area is 138 Å². The Bertz CT molecular complexity index is 685. The van der Waals surface area contributed by atoms with Crippen molar-refractivity contribution in [3.05, 3.63) is 52.9 Å². The Balaban J connectivity index is 1.78. The molecule has 1 aromatic carbocycles. The van der Waals surface area contributed by atoms with Crippen LogP contribution in [0.4, 0.5) is 5.69 Å². The Hall–Kier alpha value is -2.31. The van der Waals surface area contributed by atoms with E-state index >= 15 is 0 Å². The van der Waals surface area contributed by atoms with E-state index in [2.05, 4.69) is 10.6 Å².